The van der Waals surface area contributed by atoms with Crippen LogP contribution in [0, 0.1) is 0 Å². The minimum Gasteiger partial charge on any atom is -0.481 e. The second-order valence-electron chi connectivity index (χ2n) is 2.08. The summed E-state index contributed by atoms with van der Waals surface area (Å²) < 4.78 is 4.39. The molecule has 0 saturated heterocycles. The number of hydrogen-bond donors (Lipinski definition) is 4. The van der Waals surface area contributed by atoms with Crippen molar-refractivity contribution in [2.24, 2.45) is 5.73 Å². The maximum atomic E-state index is 9.76. The molecule has 6 heteroatoms. The average Bonchev–Trinajstić information content (AvgIpc) is 2.55. The normalized spacial score (nSPS) is 11.2. The first kappa shape index (κ1) is 11.9. The molecule has 0 radical (unpaired) electrons. The van der Waals surface area contributed by atoms with Crippen molar-refractivity contribution in [3.8, 4) is 5.95 Å². The van der Waals surface area contributed by atoms with E-state index in [-0.39, 0.29) is 11.7 Å². The Morgan fingerprint density at radius 2 is 2.38 bits per heavy atom. The van der Waals surface area contributed by atoms with Crippen LogP contribution in [-0.2, 0) is 4.79 Å². The van der Waals surface area contributed by atoms with E-state index in [4.69, 9.17) is 15.9 Å². The van der Waals surface area contributed by atoms with Crippen LogP contribution in [0.4, 0.5) is 0 Å². The zero-order chi connectivity index (χ0) is 10.3. The monoisotopic (exact) mass is 205 g/mol. The van der Waals surface area contributed by atoms with Crippen LogP contribution in [0.5, 0.6) is 5.95 Å². The van der Waals surface area contributed by atoms with Gasteiger partial charge in [-0.15, -0.1) is 0 Å². The highest BCUT2D eigenvalue weighted by Gasteiger charge is 2.06. The van der Waals surface area contributed by atoms with Crippen LogP contribution in [-0.4, -0.2) is 28.0 Å². The van der Waals surface area contributed by atoms with Crippen LogP contribution in [0.3, 0.4) is 0 Å². The van der Waals surface area contributed by atoms with Gasteiger partial charge in [-0.3, -0.25) is 4.79 Å². The maximum absolute atomic E-state index is 9.76. The minimum atomic E-state index is -1.00. The number of aliphatic carboxylic acids is 1. The molecule has 0 unspecified atom stereocenters. The molecule has 13 heavy (non-hydrogen) atoms. The molecule has 0 aliphatic heterocycles. The van der Waals surface area contributed by atoms with Crippen LogP contribution < -0.4 is 5.73 Å². The summed E-state index contributed by atoms with van der Waals surface area (Å²) in [5.41, 5.74) is 4.94. The van der Waals surface area contributed by atoms with Gasteiger partial charge in [0.05, 0.1) is 6.26 Å². The van der Waals surface area contributed by atoms with E-state index in [9.17, 15) is 4.79 Å². The van der Waals surface area contributed by atoms with Crippen LogP contribution in [0.1, 0.15) is 0 Å². The molecule has 0 aromatic carbocycles. The van der Waals surface area contributed by atoms with E-state index in [1.54, 1.807) is 6.07 Å². The number of thiol groups is 1. The van der Waals surface area contributed by atoms with Crippen molar-refractivity contribution in [3.63, 3.8) is 0 Å². The van der Waals surface area contributed by atoms with E-state index in [1.807, 2.05) is 0 Å². The van der Waals surface area contributed by atoms with Gasteiger partial charge in [-0.25, -0.2) is 0 Å². The van der Waals surface area contributed by atoms with Crippen LogP contribution in [0.2, 0.25) is 0 Å². The van der Waals surface area contributed by atoms with Gasteiger partial charge < -0.3 is 20.4 Å². The van der Waals surface area contributed by atoms with Crippen molar-refractivity contribution >= 4 is 18.6 Å². The number of rotatable bonds is 2. The van der Waals surface area contributed by atoms with Crippen molar-refractivity contribution < 1.29 is 19.4 Å². The summed E-state index contributed by atoms with van der Waals surface area (Å²) in [4.78, 5) is 9.76. The lowest BCUT2D eigenvalue weighted by Crippen LogP contribution is -2.31. The van der Waals surface area contributed by atoms with Gasteiger partial charge in [-0.05, 0) is 6.07 Å². The van der Waals surface area contributed by atoms with E-state index in [0.717, 1.165) is 0 Å². The number of furan rings is 1. The van der Waals surface area contributed by atoms with Crippen molar-refractivity contribution in [1.82, 2.24) is 0 Å². The number of hydrogen-bond acceptors (Lipinski definition) is 5. The summed E-state index contributed by atoms with van der Waals surface area (Å²) in [6, 6.07) is 2.28. The van der Waals surface area contributed by atoms with Crippen molar-refractivity contribution in [2.45, 2.75) is 6.04 Å². The van der Waals surface area contributed by atoms with Gasteiger partial charge in [0.1, 0.15) is 6.04 Å². The Balaban J connectivity index is 0.000000223. The number of aromatic hydroxyl groups is 1. The Labute approximate surface area is 80.6 Å². The topological polar surface area (TPSA) is 96.7 Å². The van der Waals surface area contributed by atoms with Crippen LogP contribution in [0.15, 0.2) is 22.8 Å². The lowest BCUT2D eigenvalue weighted by molar-refractivity contribution is -0.137. The predicted octanol–water partition coefficient (Wildman–Crippen LogP) is 0.313. The number of carbonyl (C=O) groups is 1. The summed E-state index contributed by atoms with van der Waals surface area (Å²) >= 11 is 3.65. The van der Waals surface area contributed by atoms with E-state index in [0.29, 0.717) is 0 Å². The third kappa shape index (κ3) is 6.06. The Bertz CT molecular complexity index is 237. The average molecular weight is 205 g/mol. The van der Waals surface area contributed by atoms with Crippen molar-refractivity contribution in [1.29, 1.82) is 0 Å². The third-order valence-electron chi connectivity index (χ3n) is 1.02. The highest BCUT2D eigenvalue weighted by molar-refractivity contribution is 7.80. The smallest absolute Gasteiger partial charge is 0.321 e. The molecule has 1 aromatic rings. The van der Waals surface area contributed by atoms with E-state index in [1.165, 1.54) is 12.3 Å². The lowest BCUT2D eigenvalue weighted by atomic mass is 10.4. The molecule has 1 heterocycles. The second kappa shape index (κ2) is 6.38. The van der Waals surface area contributed by atoms with Crippen LogP contribution in [0.25, 0.3) is 0 Å². The second-order valence-corrected chi connectivity index (χ2v) is 2.44. The minimum absolute atomic E-state index is 0.0324. The van der Waals surface area contributed by atoms with E-state index in [2.05, 4.69) is 17.0 Å². The fraction of sp³-hybridized carbons (Fsp3) is 0.286. The van der Waals surface area contributed by atoms with Gasteiger partial charge in [-0.2, -0.15) is 12.6 Å². The Morgan fingerprint density at radius 1 is 1.77 bits per heavy atom. The fourth-order valence-electron chi connectivity index (χ4n) is 0.348. The summed E-state index contributed by atoms with van der Waals surface area (Å²) in [7, 11) is 0. The molecule has 0 aliphatic carbocycles. The molecule has 0 bridgehead atoms. The van der Waals surface area contributed by atoms with Crippen LogP contribution >= 0.6 is 12.6 Å². The molecule has 0 spiro atoms. The Morgan fingerprint density at radius 3 is 2.46 bits per heavy atom. The van der Waals surface area contributed by atoms with Gasteiger partial charge >= 0.3 is 5.97 Å². The molecule has 1 rings (SSSR count). The molecular formula is C7H11NO4S. The molecule has 1 aromatic heterocycles. The fourth-order valence-corrected chi connectivity index (χ4v) is 0.504. The molecule has 1 atom stereocenters. The molecule has 0 fully saturated rings. The number of carboxylic acids is 1. The maximum Gasteiger partial charge on any atom is 0.321 e. The summed E-state index contributed by atoms with van der Waals surface area (Å²) in [6.07, 6.45) is 1.41. The zero-order valence-corrected chi connectivity index (χ0v) is 7.65. The highest BCUT2D eigenvalue weighted by Crippen LogP contribution is 2.04. The van der Waals surface area contributed by atoms with Gasteiger partial charge in [-0.1, -0.05) is 0 Å². The SMILES string of the molecule is N[C@@H](CS)C(=O)O.Oc1ccco1. The summed E-state index contributed by atoms with van der Waals surface area (Å²) in [5.74, 6) is -0.847. The molecule has 74 valence electrons. The number of carboxylic acid groups (broad SMARTS) is 1. The molecular weight excluding hydrogens is 194 g/mol. The number of nitrogens with two attached hydrogens (primary N) is 1. The zero-order valence-electron chi connectivity index (χ0n) is 6.75. The molecule has 0 aliphatic rings. The van der Waals surface area contributed by atoms with Gasteiger partial charge in [0.25, 0.3) is 5.95 Å². The molecule has 5 nitrogen and oxygen atoms in total. The largest absolute Gasteiger partial charge is 0.481 e. The van der Waals surface area contributed by atoms with Gasteiger partial charge in [0.2, 0.25) is 0 Å². The summed E-state index contributed by atoms with van der Waals surface area (Å²) in [6.45, 7) is 0. The highest BCUT2D eigenvalue weighted by atomic mass is 32.1. The van der Waals surface area contributed by atoms with Crippen molar-refractivity contribution in [2.75, 3.05) is 5.75 Å². The standard InChI is InChI=1S/C4H4O2.C3H7NO2S/c5-4-2-1-3-6-4;4-2(1-7)3(5)6/h1-3,5H;2,7H,1,4H2,(H,5,6)/t;2-/m.0/s1. The quantitative estimate of drug-likeness (QED) is 0.521. The van der Waals surface area contributed by atoms with E-state index >= 15 is 0 Å². The van der Waals surface area contributed by atoms with Gasteiger partial charge in [0.15, 0.2) is 0 Å². The molecule has 0 saturated carbocycles. The molecule has 4 N–H and O–H groups in total. The lowest BCUT2D eigenvalue weighted by Gasteiger charge is -1.96. The first-order valence-corrected chi connectivity index (χ1v) is 4.03. The predicted molar refractivity (Wildman–Crippen MR) is 49.8 cm³/mol. The first-order valence-electron chi connectivity index (χ1n) is 3.39. The third-order valence-corrected chi connectivity index (χ3v) is 1.41. The van der Waals surface area contributed by atoms with Gasteiger partial charge in [0, 0.05) is 11.8 Å². The first-order chi connectivity index (χ1) is 6.07. The summed E-state index contributed by atoms with van der Waals surface area (Å²) in [5, 5.41) is 16.3. The molecule has 0 amide bonds. The van der Waals surface area contributed by atoms with Crippen molar-refractivity contribution in [3.05, 3.63) is 18.4 Å². The Hall–Kier alpha value is -1.14. The van der Waals surface area contributed by atoms with E-state index < -0.39 is 12.0 Å². The Kier molecular flexibility index (Phi) is 5.82.